The second-order valence-corrected chi connectivity index (χ2v) is 21.3. The van der Waals surface area contributed by atoms with E-state index in [0.29, 0.717) is 40.3 Å². The SMILES string of the molecule is C=C1N=C(C)C(C)=CN1C(C)C.CC(C)(C)n1cnc2c(=O)[nH]c(=O)[nH]c21.Cc1cn(C(C)C)c(=O)[nH]c1=O.Cc1nc(C)c2ccn(C)c2n1.Cc1nc(C)c2ncn(C(C)C)c2n1.Cc1nc2c(ncn2C(C)C)c(=O)[nH]1. The van der Waals surface area contributed by atoms with Crippen molar-refractivity contribution < 1.29 is 0 Å². The maximum Gasteiger partial charge on any atom is 0.328 e. The van der Waals surface area contributed by atoms with E-state index in [4.69, 9.17) is 0 Å². The molecule has 79 heavy (non-hydrogen) atoms. The molecule has 0 aliphatic carbocycles. The van der Waals surface area contributed by atoms with Crippen LogP contribution < -0.4 is 28.1 Å². The van der Waals surface area contributed by atoms with Crippen LogP contribution in [0.3, 0.4) is 0 Å². The highest BCUT2D eigenvalue weighted by molar-refractivity contribution is 5.98. The van der Waals surface area contributed by atoms with E-state index in [2.05, 4.69) is 122 Å². The van der Waals surface area contributed by atoms with Gasteiger partial charge in [-0.25, -0.2) is 54.5 Å². The van der Waals surface area contributed by atoms with Gasteiger partial charge >= 0.3 is 11.4 Å². The molecule has 10 heterocycles. The number of H-pyrrole nitrogens is 4. The number of aromatic nitrogens is 17. The zero-order valence-electron chi connectivity index (χ0n) is 49.3. The number of nitrogens with zero attached hydrogens (tertiary/aromatic N) is 15. The van der Waals surface area contributed by atoms with Crippen LogP contribution in [0, 0.1) is 41.5 Å². The number of allylic oxidation sites excluding steroid dienone is 1. The number of rotatable bonds is 4. The maximum absolute atomic E-state index is 11.5. The molecule has 24 nitrogen and oxygen atoms in total. The van der Waals surface area contributed by atoms with Crippen LogP contribution in [0.4, 0.5) is 0 Å². The lowest BCUT2D eigenvalue weighted by molar-refractivity contribution is 0.377. The second-order valence-electron chi connectivity index (χ2n) is 21.3. The minimum Gasteiger partial charge on any atom is -0.335 e. The Balaban J connectivity index is 0.000000175. The number of aromatic amines is 4. The molecule has 9 aromatic rings. The Kier molecular flexibility index (Phi) is 19.5. The third-order valence-electron chi connectivity index (χ3n) is 12.3. The lowest BCUT2D eigenvalue weighted by atomic mass is 10.1. The van der Waals surface area contributed by atoms with Crippen LogP contribution >= 0.6 is 0 Å². The standard InChI is InChI=1S/C10H14N4.C10H16N2.C9H12N4O2.C9H12N4O.C9H11N3.C8H12N2O2/c1-6(2)14-5-11-9-7(3)12-8(4)13-10(9)14;1-7(2)12-6-8(3)9(4)11-10(12)5;1-9(2,3)13-4-10-5-6(13)11-8(15)12-7(5)14;1-5(2)13-4-10-7-8(13)11-6(3)12-9(7)14;1-6-8-4-5-12(3)9(8)11-7(2)10-6;1-5(2)10-4-6(3)7(11)9-8(10)12/h5-6H,1-4H3;6-7H,5H2,1-4H3;4H,1-3H3,(H2,11,12,14,15);4-5H,1-3H3,(H,11,12,14);4-5H,1-3H3;4-5H,1-3H3,(H,9,11,12). The molecule has 9 aromatic heterocycles. The lowest BCUT2D eigenvalue weighted by Crippen LogP contribution is -2.31. The van der Waals surface area contributed by atoms with E-state index in [0.717, 1.165) is 56.8 Å². The molecule has 0 amide bonds. The van der Waals surface area contributed by atoms with E-state index in [1.807, 2.05) is 118 Å². The largest absolute Gasteiger partial charge is 0.335 e. The molecule has 0 radical (unpaired) electrons. The number of aryl methyl sites for hydroxylation is 7. The molecule has 1 aliphatic rings. The Morgan fingerprint density at radius 2 is 1.10 bits per heavy atom. The first-order valence-electron chi connectivity index (χ1n) is 25.9. The molecule has 1 aliphatic heterocycles. The van der Waals surface area contributed by atoms with Crippen LogP contribution in [0.5, 0.6) is 0 Å². The zero-order valence-corrected chi connectivity index (χ0v) is 49.3. The molecular formula is C55H77N19O5. The zero-order chi connectivity index (χ0) is 59.1. The first-order valence-corrected chi connectivity index (χ1v) is 25.9. The van der Waals surface area contributed by atoms with Crippen LogP contribution in [0.2, 0.25) is 0 Å². The van der Waals surface area contributed by atoms with Gasteiger partial charge in [-0.3, -0.25) is 33.9 Å². The summed E-state index contributed by atoms with van der Waals surface area (Å²) < 4.78 is 9.22. The summed E-state index contributed by atoms with van der Waals surface area (Å²) in [7, 11) is 1.99. The van der Waals surface area contributed by atoms with Gasteiger partial charge in [0.2, 0.25) is 0 Å². The Morgan fingerprint density at radius 3 is 1.67 bits per heavy atom. The summed E-state index contributed by atoms with van der Waals surface area (Å²) in [6.45, 7) is 41.4. The van der Waals surface area contributed by atoms with Gasteiger partial charge in [-0.2, -0.15) is 0 Å². The first-order chi connectivity index (χ1) is 36.8. The van der Waals surface area contributed by atoms with Crippen LogP contribution in [0.15, 0.2) is 90.6 Å². The summed E-state index contributed by atoms with van der Waals surface area (Å²) in [6, 6.07) is 3.20. The van der Waals surface area contributed by atoms with Crippen LogP contribution in [-0.4, -0.2) is 99.3 Å². The Morgan fingerprint density at radius 1 is 0.570 bits per heavy atom. The Hall–Kier alpha value is -8.70. The van der Waals surface area contributed by atoms with Gasteiger partial charge in [-0.15, -0.1) is 0 Å². The molecule has 0 fully saturated rings. The molecule has 4 N–H and O–H groups in total. The summed E-state index contributed by atoms with van der Waals surface area (Å²) in [5, 5.41) is 1.14. The molecular weight excluding hydrogens is 1010 g/mol. The minimum absolute atomic E-state index is 0.0769. The number of hydrogen-bond donors (Lipinski definition) is 4. The van der Waals surface area contributed by atoms with E-state index in [9.17, 15) is 24.0 Å². The smallest absolute Gasteiger partial charge is 0.328 e. The summed E-state index contributed by atoms with van der Waals surface area (Å²) in [6.07, 6.45) is 10.7. The summed E-state index contributed by atoms with van der Waals surface area (Å²) >= 11 is 0. The fourth-order valence-electron chi connectivity index (χ4n) is 7.99. The van der Waals surface area contributed by atoms with E-state index in [1.54, 1.807) is 37.3 Å². The minimum atomic E-state index is -0.515. The van der Waals surface area contributed by atoms with Gasteiger partial charge in [0.1, 0.15) is 40.1 Å². The van der Waals surface area contributed by atoms with Gasteiger partial charge in [-0.05, 0) is 143 Å². The van der Waals surface area contributed by atoms with Gasteiger partial charge in [0.05, 0.1) is 30.4 Å². The molecule has 422 valence electrons. The topological polar surface area (TPSA) is 292 Å². The van der Waals surface area contributed by atoms with Crippen LogP contribution in [0.1, 0.15) is 143 Å². The van der Waals surface area contributed by atoms with E-state index < -0.39 is 11.2 Å². The third-order valence-corrected chi connectivity index (χ3v) is 12.3. The average molecular weight is 1080 g/mol. The van der Waals surface area contributed by atoms with Gasteiger partial charge in [0.25, 0.3) is 16.7 Å². The van der Waals surface area contributed by atoms with Crippen molar-refractivity contribution in [3.63, 3.8) is 0 Å². The summed E-state index contributed by atoms with van der Waals surface area (Å²) in [5.74, 6) is 3.09. The molecule has 24 heteroatoms. The van der Waals surface area contributed by atoms with Crippen molar-refractivity contribution in [2.24, 2.45) is 12.0 Å². The Bertz CT molecular complexity index is 4010. The first kappa shape index (κ1) is 61.2. The normalized spacial score (nSPS) is 12.4. The number of aliphatic imine (C=N–C) groups is 1. The van der Waals surface area contributed by atoms with E-state index >= 15 is 0 Å². The van der Waals surface area contributed by atoms with Crippen molar-refractivity contribution in [3.8, 4) is 0 Å². The molecule has 0 aromatic carbocycles. The Labute approximate surface area is 457 Å². The monoisotopic (exact) mass is 1080 g/mol. The van der Waals surface area contributed by atoms with Crippen molar-refractivity contribution in [2.75, 3.05) is 0 Å². The molecule has 0 spiro atoms. The van der Waals surface area contributed by atoms with Gasteiger partial charge < -0.3 is 28.2 Å². The molecule has 0 saturated carbocycles. The molecule has 0 saturated heterocycles. The second kappa shape index (κ2) is 25.2. The fourth-order valence-corrected chi connectivity index (χ4v) is 7.99. The number of hydrogen-bond acceptors (Lipinski definition) is 15. The predicted molar refractivity (Wildman–Crippen MR) is 312 cm³/mol. The van der Waals surface area contributed by atoms with Gasteiger partial charge in [0, 0.05) is 72.0 Å². The lowest BCUT2D eigenvalue weighted by Gasteiger charge is -2.28. The van der Waals surface area contributed by atoms with Gasteiger partial charge in [0.15, 0.2) is 22.3 Å². The summed E-state index contributed by atoms with van der Waals surface area (Å²) in [5.41, 5.74) is 7.44. The number of nitrogens with one attached hydrogen (secondary N) is 4. The number of fused-ring (bicyclic) bond motifs is 4. The molecule has 0 unspecified atom stereocenters. The number of imidazole rings is 3. The molecule has 0 atom stereocenters. The molecule has 0 bridgehead atoms. The highest BCUT2D eigenvalue weighted by Crippen LogP contribution is 2.21. The average Bonchev–Trinajstić information content (AvgIpc) is 4.18. The van der Waals surface area contributed by atoms with E-state index in [1.165, 1.54) is 10.1 Å². The van der Waals surface area contributed by atoms with Crippen LogP contribution in [0.25, 0.3) is 44.5 Å². The quantitative estimate of drug-likeness (QED) is 0.131. The molecule has 10 rings (SSSR count). The van der Waals surface area contributed by atoms with Crippen molar-refractivity contribution in [3.05, 3.63) is 148 Å². The summed E-state index contributed by atoms with van der Waals surface area (Å²) in [4.78, 5) is 106. The predicted octanol–water partition coefficient (Wildman–Crippen LogP) is 7.76. The van der Waals surface area contributed by atoms with Crippen molar-refractivity contribution in [1.82, 2.24) is 87.5 Å². The van der Waals surface area contributed by atoms with Crippen molar-refractivity contribution in [1.29, 1.82) is 0 Å². The highest BCUT2D eigenvalue weighted by atomic mass is 16.2. The maximum atomic E-state index is 11.5. The van der Waals surface area contributed by atoms with Crippen molar-refractivity contribution in [2.45, 2.75) is 161 Å². The van der Waals surface area contributed by atoms with Crippen molar-refractivity contribution >= 4 is 50.2 Å². The van der Waals surface area contributed by atoms with Gasteiger partial charge in [-0.1, -0.05) is 6.58 Å². The highest BCUT2D eigenvalue weighted by Gasteiger charge is 2.19. The fraction of sp³-hybridized carbons (Fsp3) is 0.455. The van der Waals surface area contributed by atoms with Crippen LogP contribution in [-0.2, 0) is 12.6 Å². The van der Waals surface area contributed by atoms with E-state index in [-0.39, 0.29) is 39.9 Å². The third kappa shape index (κ3) is 14.9.